The zero-order chi connectivity index (χ0) is 14.7. The maximum absolute atomic E-state index is 10.7. The fraction of sp³-hybridized carbons (Fsp3) is 0.0714. The molecule has 2 aromatic heterocycles. The minimum atomic E-state index is -0.460. The largest absolute Gasteiger partial charge is 0.487 e. The van der Waals surface area contributed by atoms with Crippen LogP contribution in [0.1, 0.15) is 5.69 Å². The molecule has 0 atom stereocenters. The van der Waals surface area contributed by atoms with E-state index in [0.717, 1.165) is 4.88 Å². The number of hydrogen-bond donors (Lipinski definition) is 0. The van der Waals surface area contributed by atoms with Gasteiger partial charge < -0.3 is 9.26 Å². The number of ether oxygens (including phenoxy) is 1. The van der Waals surface area contributed by atoms with E-state index in [1.807, 2.05) is 17.5 Å². The number of benzene rings is 1. The SMILES string of the molecule is O=[N+]([O-])c1cccc(OCc2cc(-c3cccs3)on2)c1. The van der Waals surface area contributed by atoms with Crippen molar-refractivity contribution >= 4 is 17.0 Å². The molecule has 3 rings (SSSR count). The molecular formula is C14H10N2O4S. The lowest BCUT2D eigenvalue weighted by atomic mass is 10.3. The summed E-state index contributed by atoms with van der Waals surface area (Å²) in [6, 6.07) is 11.7. The molecular weight excluding hydrogens is 292 g/mol. The Balaban J connectivity index is 1.68. The van der Waals surface area contributed by atoms with Crippen molar-refractivity contribution in [1.29, 1.82) is 0 Å². The molecule has 0 amide bonds. The van der Waals surface area contributed by atoms with Crippen molar-refractivity contribution in [3.8, 4) is 16.4 Å². The number of nitro benzene ring substituents is 1. The van der Waals surface area contributed by atoms with E-state index in [-0.39, 0.29) is 12.3 Å². The summed E-state index contributed by atoms with van der Waals surface area (Å²) >= 11 is 1.56. The van der Waals surface area contributed by atoms with Gasteiger partial charge in [0.1, 0.15) is 18.1 Å². The number of rotatable bonds is 5. The molecule has 106 valence electrons. The summed E-state index contributed by atoms with van der Waals surface area (Å²) in [7, 11) is 0. The van der Waals surface area contributed by atoms with E-state index in [2.05, 4.69) is 5.16 Å². The van der Waals surface area contributed by atoms with Gasteiger partial charge in [-0.1, -0.05) is 17.3 Å². The van der Waals surface area contributed by atoms with Crippen molar-refractivity contribution in [2.45, 2.75) is 6.61 Å². The molecule has 0 radical (unpaired) electrons. The topological polar surface area (TPSA) is 78.4 Å². The van der Waals surface area contributed by atoms with E-state index in [0.29, 0.717) is 17.2 Å². The fourth-order valence-corrected chi connectivity index (χ4v) is 2.43. The minimum absolute atomic E-state index is 0.00747. The lowest BCUT2D eigenvalue weighted by Gasteiger charge is -2.02. The Morgan fingerprint density at radius 1 is 1.29 bits per heavy atom. The summed E-state index contributed by atoms with van der Waals surface area (Å²) in [6.45, 7) is 0.191. The first-order valence-electron chi connectivity index (χ1n) is 6.09. The Bertz CT molecular complexity index is 752. The number of nitro groups is 1. The van der Waals surface area contributed by atoms with Crippen LogP contribution in [0.2, 0.25) is 0 Å². The smallest absolute Gasteiger partial charge is 0.273 e. The van der Waals surface area contributed by atoms with Crippen LogP contribution in [0, 0.1) is 10.1 Å². The van der Waals surface area contributed by atoms with Crippen LogP contribution in [0.4, 0.5) is 5.69 Å². The number of thiophene rings is 1. The first-order valence-corrected chi connectivity index (χ1v) is 6.97. The van der Waals surface area contributed by atoms with Crippen LogP contribution in [-0.2, 0) is 6.61 Å². The van der Waals surface area contributed by atoms with Crippen molar-refractivity contribution in [3.05, 3.63) is 63.7 Å². The molecule has 3 aromatic rings. The van der Waals surface area contributed by atoms with Gasteiger partial charge in [0, 0.05) is 12.1 Å². The summed E-state index contributed by atoms with van der Waals surface area (Å²) in [6.07, 6.45) is 0. The Hall–Kier alpha value is -2.67. The lowest BCUT2D eigenvalue weighted by molar-refractivity contribution is -0.384. The average Bonchev–Trinajstić information content (AvgIpc) is 3.16. The van der Waals surface area contributed by atoms with Gasteiger partial charge in [-0.3, -0.25) is 10.1 Å². The zero-order valence-corrected chi connectivity index (χ0v) is 11.6. The van der Waals surface area contributed by atoms with Crippen LogP contribution in [-0.4, -0.2) is 10.1 Å². The van der Waals surface area contributed by atoms with Crippen molar-refractivity contribution in [2.24, 2.45) is 0 Å². The minimum Gasteiger partial charge on any atom is -0.487 e. The van der Waals surface area contributed by atoms with Crippen LogP contribution in [0.25, 0.3) is 10.6 Å². The molecule has 0 unspecified atom stereocenters. The third-order valence-electron chi connectivity index (χ3n) is 2.74. The van der Waals surface area contributed by atoms with Gasteiger partial charge in [0.2, 0.25) is 0 Å². The molecule has 0 saturated heterocycles. The summed E-state index contributed by atoms with van der Waals surface area (Å²) in [5.74, 6) is 1.10. The average molecular weight is 302 g/mol. The van der Waals surface area contributed by atoms with Gasteiger partial charge in [-0.05, 0) is 17.5 Å². The van der Waals surface area contributed by atoms with Gasteiger partial charge in [-0.2, -0.15) is 0 Å². The van der Waals surface area contributed by atoms with Gasteiger partial charge in [0.25, 0.3) is 5.69 Å². The van der Waals surface area contributed by atoms with E-state index < -0.39 is 4.92 Å². The van der Waals surface area contributed by atoms with E-state index in [1.165, 1.54) is 12.1 Å². The molecule has 0 aliphatic carbocycles. The molecule has 0 spiro atoms. The predicted molar refractivity (Wildman–Crippen MR) is 77.2 cm³/mol. The second kappa shape index (κ2) is 5.76. The first kappa shape index (κ1) is 13.3. The highest BCUT2D eigenvalue weighted by atomic mass is 32.1. The molecule has 0 bridgehead atoms. The van der Waals surface area contributed by atoms with E-state index in [1.54, 1.807) is 29.5 Å². The van der Waals surface area contributed by atoms with Crippen LogP contribution >= 0.6 is 11.3 Å². The highest BCUT2D eigenvalue weighted by Crippen LogP contribution is 2.26. The quantitative estimate of drug-likeness (QED) is 0.527. The van der Waals surface area contributed by atoms with Crippen LogP contribution < -0.4 is 4.74 Å². The molecule has 0 aliphatic rings. The zero-order valence-electron chi connectivity index (χ0n) is 10.8. The Morgan fingerprint density at radius 3 is 2.95 bits per heavy atom. The predicted octanol–water partition coefficient (Wildman–Crippen LogP) is 3.89. The van der Waals surface area contributed by atoms with Crippen LogP contribution in [0.3, 0.4) is 0 Å². The Kier molecular flexibility index (Phi) is 3.65. The van der Waals surface area contributed by atoms with Crippen LogP contribution in [0.15, 0.2) is 52.4 Å². The van der Waals surface area contributed by atoms with Gasteiger partial charge in [-0.25, -0.2) is 0 Å². The normalized spacial score (nSPS) is 10.5. The third-order valence-corrected chi connectivity index (χ3v) is 3.62. The summed E-state index contributed by atoms with van der Waals surface area (Å²) in [5.41, 5.74) is 0.622. The maximum atomic E-state index is 10.7. The molecule has 7 heteroatoms. The lowest BCUT2D eigenvalue weighted by Crippen LogP contribution is -1.96. The van der Waals surface area contributed by atoms with Crippen molar-refractivity contribution in [3.63, 3.8) is 0 Å². The number of non-ortho nitro benzene ring substituents is 1. The standard InChI is InChI=1S/C14H10N2O4S/c17-16(18)11-3-1-4-12(8-11)19-9-10-7-13(20-15-10)14-5-2-6-21-14/h1-8H,9H2. The molecule has 0 fully saturated rings. The maximum Gasteiger partial charge on any atom is 0.273 e. The van der Waals surface area contributed by atoms with Crippen molar-refractivity contribution in [1.82, 2.24) is 5.16 Å². The van der Waals surface area contributed by atoms with Gasteiger partial charge in [0.05, 0.1) is 15.9 Å². The molecule has 21 heavy (non-hydrogen) atoms. The monoisotopic (exact) mass is 302 g/mol. The van der Waals surface area contributed by atoms with Crippen molar-refractivity contribution < 1.29 is 14.2 Å². The summed E-state index contributed by atoms with van der Waals surface area (Å²) < 4.78 is 10.7. The second-order valence-corrected chi connectivity index (χ2v) is 5.15. The Labute approximate surface area is 123 Å². The van der Waals surface area contributed by atoms with E-state index >= 15 is 0 Å². The second-order valence-electron chi connectivity index (χ2n) is 4.20. The molecule has 0 saturated carbocycles. The van der Waals surface area contributed by atoms with Gasteiger partial charge in [-0.15, -0.1) is 11.3 Å². The van der Waals surface area contributed by atoms with Crippen molar-refractivity contribution in [2.75, 3.05) is 0 Å². The molecule has 1 aromatic carbocycles. The molecule has 0 N–H and O–H groups in total. The summed E-state index contributed by atoms with van der Waals surface area (Å²) in [4.78, 5) is 11.2. The Morgan fingerprint density at radius 2 is 2.19 bits per heavy atom. The van der Waals surface area contributed by atoms with E-state index in [9.17, 15) is 10.1 Å². The fourth-order valence-electron chi connectivity index (χ4n) is 1.76. The summed E-state index contributed by atoms with van der Waals surface area (Å²) in [5, 5.41) is 16.6. The van der Waals surface area contributed by atoms with E-state index in [4.69, 9.17) is 9.26 Å². The molecule has 0 aliphatic heterocycles. The highest BCUT2D eigenvalue weighted by Gasteiger charge is 2.10. The van der Waals surface area contributed by atoms with Crippen LogP contribution in [0.5, 0.6) is 5.75 Å². The molecule has 2 heterocycles. The van der Waals surface area contributed by atoms with Gasteiger partial charge >= 0.3 is 0 Å². The molecule has 6 nitrogen and oxygen atoms in total. The number of aromatic nitrogens is 1. The first-order chi connectivity index (χ1) is 10.2. The van der Waals surface area contributed by atoms with Gasteiger partial charge in [0.15, 0.2) is 5.76 Å². The third kappa shape index (κ3) is 3.09. The number of hydrogen-bond acceptors (Lipinski definition) is 6. The highest BCUT2D eigenvalue weighted by molar-refractivity contribution is 7.13. The number of nitrogens with zero attached hydrogens (tertiary/aromatic N) is 2.